The van der Waals surface area contributed by atoms with E-state index in [0.717, 1.165) is 18.6 Å². The predicted molar refractivity (Wildman–Crippen MR) is 69.4 cm³/mol. The zero-order valence-electron chi connectivity index (χ0n) is 11.2. The van der Waals surface area contributed by atoms with Gasteiger partial charge in [0.05, 0.1) is 6.10 Å². The first-order valence-corrected chi connectivity index (χ1v) is 6.33. The molecule has 0 amide bonds. The number of hydrogen-bond acceptors (Lipinski definition) is 2. The number of aliphatic hydroxyl groups excluding tert-OH is 1. The average Bonchev–Trinajstić information content (AvgIpc) is 2.52. The SMILES string of the molecule is Cc1cccc(OC2CCC(C)(C)C2O)c1C. The van der Waals surface area contributed by atoms with E-state index in [9.17, 15) is 5.11 Å². The summed E-state index contributed by atoms with van der Waals surface area (Å²) >= 11 is 0. The van der Waals surface area contributed by atoms with Gasteiger partial charge in [-0.2, -0.15) is 0 Å². The van der Waals surface area contributed by atoms with Gasteiger partial charge in [0, 0.05) is 0 Å². The van der Waals surface area contributed by atoms with Crippen LogP contribution < -0.4 is 4.74 Å². The molecule has 1 aromatic rings. The zero-order valence-corrected chi connectivity index (χ0v) is 11.2. The minimum atomic E-state index is -0.373. The Balaban J connectivity index is 2.15. The third-order valence-electron chi connectivity index (χ3n) is 4.06. The first kappa shape index (κ1) is 12.4. The lowest BCUT2D eigenvalue weighted by molar-refractivity contribution is 0.00466. The van der Waals surface area contributed by atoms with Gasteiger partial charge in [0.15, 0.2) is 0 Å². The lowest BCUT2D eigenvalue weighted by Gasteiger charge is -2.26. The summed E-state index contributed by atoms with van der Waals surface area (Å²) in [4.78, 5) is 0. The highest BCUT2D eigenvalue weighted by molar-refractivity contribution is 5.38. The molecule has 2 atom stereocenters. The number of aryl methyl sites for hydroxylation is 1. The van der Waals surface area contributed by atoms with E-state index in [1.165, 1.54) is 11.1 Å². The Hall–Kier alpha value is -1.02. The molecule has 0 saturated heterocycles. The molecule has 1 N–H and O–H groups in total. The smallest absolute Gasteiger partial charge is 0.125 e. The van der Waals surface area contributed by atoms with Crippen LogP contribution >= 0.6 is 0 Å². The van der Waals surface area contributed by atoms with Crippen molar-refractivity contribution in [1.29, 1.82) is 0 Å². The summed E-state index contributed by atoms with van der Waals surface area (Å²) in [5.74, 6) is 0.909. The molecule has 0 aliphatic heterocycles. The van der Waals surface area contributed by atoms with Crippen molar-refractivity contribution in [3.63, 3.8) is 0 Å². The van der Waals surface area contributed by atoms with Crippen molar-refractivity contribution in [2.45, 2.75) is 52.7 Å². The molecular weight excluding hydrogens is 212 g/mol. The number of benzene rings is 1. The fourth-order valence-corrected chi connectivity index (χ4v) is 2.46. The lowest BCUT2D eigenvalue weighted by atomic mass is 9.89. The molecule has 1 saturated carbocycles. The van der Waals surface area contributed by atoms with Crippen molar-refractivity contribution < 1.29 is 9.84 Å². The quantitative estimate of drug-likeness (QED) is 0.851. The monoisotopic (exact) mass is 234 g/mol. The fourth-order valence-electron chi connectivity index (χ4n) is 2.46. The summed E-state index contributed by atoms with van der Waals surface area (Å²) in [6, 6.07) is 6.07. The molecule has 0 spiro atoms. The molecule has 1 fully saturated rings. The molecule has 94 valence electrons. The third kappa shape index (κ3) is 2.32. The van der Waals surface area contributed by atoms with Gasteiger partial charge in [0.1, 0.15) is 11.9 Å². The molecule has 0 radical (unpaired) electrons. The largest absolute Gasteiger partial charge is 0.487 e. The van der Waals surface area contributed by atoms with E-state index in [1.807, 2.05) is 12.1 Å². The molecular formula is C15H22O2. The van der Waals surface area contributed by atoms with Crippen molar-refractivity contribution in [1.82, 2.24) is 0 Å². The average molecular weight is 234 g/mol. The highest BCUT2D eigenvalue weighted by Crippen LogP contribution is 2.39. The standard InChI is InChI=1S/C15H22O2/c1-10-6-5-7-12(11(10)2)17-13-8-9-15(3,4)14(13)16/h5-7,13-14,16H,8-9H2,1-4H3. The van der Waals surface area contributed by atoms with Gasteiger partial charge >= 0.3 is 0 Å². The Kier molecular flexibility index (Phi) is 3.17. The molecule has 1 aliphatic rings. The number of ether oxygens (including phenoxy) is 1. The minimum Gasteiger partial charge on any atom is -0.487 e. The lowest BCUT2D eigenvalue weighted by Crippen LogP contribution is -2.34. The van der Waals surface area contributed by atoms with Crippen LogP contribution in [0.2, 0.25) is 0 Å². The molecule has 0 heterocycles. The molecule has 2 rings (SSSR count). The van der Waals surface area contributed by atoms with Gasteiger partial charge in [-0.05, 0) is 49.3 Å². The summed E-state index contributed by atoms with van der Waals surface area (Å²) in [5.41, 5.74) is 2.38. The van der Waals surface area contributed by atoms with Gasteiger partial charge < -0.3 is 9.84 Å². The summed E-state index contributed by atoms with van der Waals surface area (Å²) in [7, 11) is 0. The van der Waals surface area contributed by atoms with E-state index < -0.39 is 0 Å². The molecule has 1 aliphatic carbocycles. The second kappa shape index (κ2) is 4.34. The van der Waals surface area contributed by atoms with Crippen LogP contribution in [0.5, 0.6) is 5.75 Å². The van der Waals surface area contributed by atoms with Gasteiger partial charge in [0.25, 0.3) is 0 Å². The number of hydrogen-bond donors (Lipinski definition) is 1. The molecule has 1 aromatic carbocycles. The Bertz CT molecular complexity index is 409. The summed E-state index contributed by atoms with van der Waals surface area (Å²) in [6.07, 6.45) is 1.51. The van der Waals surface area contributed by atoms with Crippen LogP contribution in [0.1, 0.15) is 37.8 Å². The van der Waals surface area contributed by atoms with E-state index in [4.69, 9.17) is 4.74 Å². The first-order chi connectivity index (χ1) is 7.92. The van der Waals surface area contributed by atoms with Crippen LogP contribution in [0.15, 0.2) is 18.2 Å². The molecule has 2 unspecified atom stereocenters. The molecule has 2 heteroatoms. The highest BCUT2D eigenvalue weighted by atomic mass is 16.5. The Morgan fingerprint density at radius 2 is 2.00 bits per heavy atom. The van der Waals surface area contributed by atoms with Crippen LogP contribution in [0.25, 0.3) is 0 Å². The van der Waals surface area contributed by atoms with Gasteiger partial charge in [-0.25, -0.2) is 0 Å². The zero-order chi connectivity index (χ0) is 12.6. The van der Waals surface area contributed by atoms with E-state index >= 15 is 0 Å². The van der Waals surface area contributed by atoms with Crippen LogP contribution in [-0.4, -0.2) is 17.3 Å². The van der Waals surface area contributed by atoms with Crippen molar-refractivity contribution in [3.8, 4) is 5.75 Å². The Morgan fingerprint density at radius 3 is 2.59 bits per heavy atom. The molecule has 0 aromatic heterocycles. The molecule has 2 nitrogen and oxygen atoms in total. The second-order valence-corrected chi connectivity index (χ2v) is 5.83. The van der Waals surface area contributed by atoms with E-state index in [1.54, 1.807) is 0 Å². The summed E-state index contributed by atoms with van der Waals surface area (Å²) < 4.78 is 5.98. The fraction of sp³-hybridized carbons (Fsp3) is 0.600. The van der Waals surface area contributed by atoms with E-state index in [0.29, 0.717) is 0 Å². The normalized spacial score (nSPS) is 27.1. The molecule has 0 bridgehead atoms. The second-order valence-electron chi connectivity index (χ2n) is 5.83. The topological polar surface area (TPSA) is 29.5 Å². The maximum Gasteiger partial charge on any atom is 0.125 e. The van der Waals surface area contributed by atoms with Crippen LogP contribution in [0, 0.1) is 19.3 Å². The summed E-state index contributed by atoms with van der Waals surface area (Å²) in [5, 5.41) is 10.2. The van der Waals surface area contributed by atoms with Gasteiger partial charge in [-0.15, -0.1) is 0 Å². The van der Waals surface area contributed by atoms with Gasteiger partial charge in [0.2, 0.25) is 0 Å². The third-order valence-corrected chi connectivity index (χ3v) is 4.06. The maximum absolute atomic E-state index is 10.2. The minimum absolute atomic E-state index is 0.0254. The van der Waals surface area contributed by atoms with Gasteiger partial charge in [-0.1, -0.05) is 26.0 Å². The Labute approximate surface area is 104 Å². The predicted octanol–water partition coefficient (Wildman–Crippen LogP) is 3.23. The van der Waals surface area contributed by atoms with Crippen LogP contribution in [0.3, 0.4) is 0 Å². The van der Waals surface area contributed by atoms with E-state index in [2.05, 4.69) is 33.8 Å². The van der Waals surface area contributed by atoms with Gasteiger partial charge in [-0.3, -0.25) is 0 Å². The maximum atomic E-state index is 10.2. The van der Waals surface area contributed by atoms with Crippen molar-refractivity contribution in [2.24, 2.45) is 5.41 Å². The highest BCUT2D eigenvalue weighted by Gasteiger charge is 2.42. The molecule has 17 heavy (non-hydrogen) atoms. The Morgan fingerprint density at radius 1 is 1.29 bits per heavy atom. The van der Waals surface area contributed by atoms with Crippen LogP contribution in [0.4, 0.5) is 0 Å². The number of aliphatic hydroxyl groups is 1. The number of rotatable bonds is 2. The van der Waals surface area contributed by atoms with Crippen molar-refractivity contribution in [2.75, 3.05) is 0 Å². The van der Waals surface area contributed by atoms with Crippen molar-refractivity contribution in [3.05, 3.63) is 29.3 Å². The first-order valence-electron chi connectivity index (χ1n) is 6.33. The van der Waals surface area contributed by atoms with Crippen LogP contribution in [-0.2, 0) is 0 Å². The summed E-state index contributed by atoms with van der Waals surface area (Å²) in [6.45, 7) is 8.35. The van der Waals surface area contributed by atoms with Crippen molar-refractivity contribution >= 4 is 0 Å². The van der Waals surface area contributed by atoms with E-state index in [-0.39, 0.29) is 17.6 Å².